The number of anilines is 2. The van der Waals surface area contributed by atoms with Crippen LogP contribution in [0.1, 0.15) is 0 Å². The number of amides is 2. The molecule has 1 heterocycles. The summed E-state index contributed by atoms with van der Waals surface area (Å²) < 4.78 is 22.3. The Labute approximate surface area is 209 Å². The molecule has 0 unspecified atom stereocenters. The second-order valence-electron chi connectivity index (χ2n) is 8.23. The number of methoxy groups -OCH3 is 2. The van der Waals surface area contributed by atoms with Gasteiger partial charge < -0.3 is 29.6 Å². The van der Waals surface area contributed by atoms with Crippen LogP contribution in [0, 0.1) is 0 Å². The highest BCUT2D eigenvalue weighted by atomic mass is 16.6. The Hall–Kier alpha value is -4.24. The maximum Gasteiger partial charge on any atom is 0.238 e. The maximum absolute atomic E-state index is 12.9. The molecule has 0 radical (unpaired) electrons. The largest absolute Gasteiger partial charge is 0.497 e. The predicted octanol–water partition coefficient (Wildman–Crippen LogP) is 3.42. The van der Waals surface area contributed by atoms with Crippen LogP contribution in [-0.4, -0.2) is 63.3 Å². The molecule has 2 N–H and O–H groups in total. The summed E-state index contributed by atoms with van der Waals surface area (Å²) in [7, 11) is 3.13. The van der Waals surface area contributed by atoms with E-state index in [0.717, 1.165) is 0 Å². The third-order valence-electron chi connectivity index (χ3n) is 5.47. The van der Waals surface area contributed by atoms with Crippen molar-refractivity contribution in [2.75, 3.05) is 51.1 Å². The molecule has 188 valence electrons. The highest BCUT2D eigenvalue weighted by molar-refractivity contribution is 5.94. The van der Waals surface area contributed by atoms with Crippen LogP contribution < -0.4 is 29.6 Å². The van der Waals surface area contributed by atoms with Gasteiger partial charge in [0.15, 0.2) is 11.5 Å². The van der Waals surface area contributed by atoms with Gasteiger partial charge in [0, 0.05) is 30.1 Å². The number of para-hydroxylation sites is 2. The fraction of sp³-hybridized carbons (Fsp3) is 0.259. The summed E-state index contributed by atoms with van der Waals surface area (Å²) in [5.74, 6) is 2.04. The standard InChI is InChI=1S/C27H29N3O6/c1-33-21-9-5-7-19(13-21)28-26(31)16-30(15-23-18-35-24-11-3-4-12-25(24)36-23)17-27(32)29-20-8-6-10-22(14-20)34-2/h3-14,23H,15-18H2,1-2H3,(H,28,31)(H,29,32)/t23-/m1/s1. The van der Waals surface area contributed by atoms with Gasteiger partial charge in [0.05, 0.1) is 27.3 Å². The number of hydrogen-bond acceptors (Lipinski definition) is 7. The van der Waals surface area contributed by atoms with Crippen molar-refractivity contribution in [2.45, 2.75) is 6.10 Å². The molecule has 2 amide bonds. The molecule has 0 bridgehead atoms. The second-order valence-corrected chi connectivity index (χ2v) is 8.23. The van der Waals surface area contributed by atoms with Crippen LogP contribution in [0.5, 0.6) is 23.0 Å². The van der Waals surface area contributed by atoms with Crippen molar-refractivity contribution in [3.63, 3.8) is 0 Å². The molecule has 9 heteroatoms. The first-order valence-corrected chi connectivity index (χ1v) is 11.5. The van der Waals surface area contributed by atoms with Gasteiger partial charge in [-0.1, -0.05) is 24.3 Å². The summed E-state index contributed by atoms with van der Waals surface area (Å²) >= 11 is 0. The van der Waals surface area contributed by atoms with Gasteiger partial charge in [-0.3, -0.25) is 14.5 Å². The molecular formula is C27H29N3O6. The van der Waals surface area contributed by atoms with Crippen molar-refractivity contribution in [3.8, 4) is 23.0 Å². The van der Waals surface area contributed by atoms with Gasteiger partial charge in [-0.15, -0.1) is 0 Å². The van der Waals surface area contributed by atoms with E-state index in [9.17, 15) is 9.59 Å². The fourth-order valence-electron chi connectivity index (χ4n) is 3.83. The van der Waals surface area contributed by atoms with E-state index in [1.54, 1.807) is 67.7 Å². The van der Waals surface area contributed by atoms with Crippen LogP contribution in [0.3, 0.4) is 0 Å². The number of hydrogen-bond donors (Lipinski definition) is 2. The summed E-state index contributed by atoms with van der Waals surface area (Å²) in [5.41, 5.74) is 1.21. The van der Waals surface area contributed by atoms with Crippen LogP contribution in [0.2, 0.25) is 0 Å². The van der Waals surface area contributed by atoms with Crippen molar-refractivity contribution >= 4 is 23.2 Å². The van der Waals surface area contributed by atoms with E-state index in [2.05, 4.69) is 10.6 Å². The zero-order valence-electron chi connectivity index (χ0n) is 20.2. The molecule has 0 aliphatic carbocycles. The van der Waals surface area contributed by atoms with Crippen LogP contribution in [0.15, 0.2) is 72.8 Å². The molecule has 1 atom stereocenters. The monoisotopic (exact) mass is 491 g/mol. The van der Waals surface area contributed by atoms with Gasteiger partial charge in [0.2, 0.25) is 11.8 Å². The molecule has 36 heavy (non-hydrogen) atoms. The number of fused-ring (bicyclic) bond motifs is 1. The van der Waals surface area contributed by atoms with Crippen molar-refractivity contribution in [1.29, 1.82) is 0 Å². The van der Waals surface area contributed by atoms with Crippen LogP contribution >= 0.6 is 0 Å². The van der Waals surface area contributed by atoms with Crippen molar-refractivity contribution in [1.82, 2.24) is 4.90 Å². The fourth-order valence-corrected chi connectivity index (χ4v) is 3.83. The van der Waals surface area contributed by atoms with E-state index in [0.29, 0.717) is 47.5 Å². The minimum atomic E-state index is -0.353. The molecule has 1 aliphatic rings. The van der Waals surface area contributed by atoms with Crippen LogP contribution in [0.25, 0.3) is 0 Å². The normalized spacial score (nSPS) is 14.1. The number of nitrogens with zero attached hydrogens (tertiary/aromatic N) is 1. The maximum atomic E-state index is 12.9. The van der Waals surface area contributed by atoms with Gasteiger partial charge in [0.1, 0.15) is 24.2 Å². The van der Waals surface area contributed by atoms with E-state index in [1.165, 1.54) is 0 Å². The number of nitrogens with one attached hydrogen (secondary N) is 2. The first-order chi connectivity index (χ1) is 17.5. The Balaban J connectivity index is 1.43. The van der Waals surface area contributed by atoms with Crippen molar-refractivity contribution in [2.24, 2.45) is 0 Å². The molecule has 3 aromatic carbocycles. The zero-order chi connectivity index (χ0) is 25.3. The van der Waals surface area contributed by atoms with Gasteiger partial charge in [-0.2, -0.15) is 0 Å². The Kier molecular flexibility index (Phi) is 8.25. The second kappa shape index (κ2) is 11.9. The van der Waals surface area contributed by atoms with Crippen molar-refractivity contribution in [3.05, 3.63) is 72.8 Å². The smallest absolute Gasteiger partial charge is 0.238 e. The van der Waals surface area contributed by atoms with E-state index < -0.39 is 0 Å². The lowest BCUT2D eigenvalue weighted by molar-refractivity contribution is -0.120. The molecule has 3 aromatic rings. The van der Waals surface area contributed by atoms with E-state index >= 15 is 0 Å². The Morgan fingerprint density at radius 2 is 1.39 bits per heavy atom. The number of rotatable bonds is 10. The van der Waals surface area contributed by atoms with E-state index in [4.69, 9.17) is 18.9 Å². The van der Waals surface area contributed by atoms with Gasteiger partial charge in [-0.25, -0.2) is 0 Å². The Bertz CT molecular complexity index is 1140. The number of ether oxygens (including phenoxy) is 4. The third kappa shape index (κ3) is 6.89. The van der Waals surface area contributed by atoms with Gasteiger partial charge in [0.25, 0.3) is 0 Å². The first kappa shape index (κ1) is 24.9. The Morgan fingerprint density at radius 1 is 0.833 bits per heavy atom. The lowest BCUT2D eigenvalue weighted by Gasteiger charge is -2.30. The van der Waals surface area contributed by atoms with Crippen LogP contribution in [0.4, 0.5) is 11.4 Å². The lowest BCUT2D eigenvalue weighted by atomic mass is 10.2. The molecule has 0 saturated carbocycles. The molecule has 0 saturated heterocycles. The first-order valence-electron chi connectivity index (χ1n) is 11.5. The van der Waals surface area contributed by atoms with E-state index in [1.807, 2.05) is 24.3 Å². The number of benzene rings is 3. The summed E-state index contributed by atoms with van der Waals surface area (Å²) in [6.45, 7) is 0.572. The van der Waals surface area contributed by atoms with Crippen LogP contribution in [-0.2, 0) is 9.59 Å². The molecular weight excluding hydrogens is 462 g/mol. The predicted molar refractivity (Wildman–Crippen MR) is 136 cm³/mol. The summed E-state index contributed by atoms with van der Waals surface area (Å²) in [6, 6.07) is 21.6. The van der Waals surface area contributed by atoms with Gasteiger partial charge >= 0.3 is 0 Å². The number of carbonyl (C=O) groups is 2. The molecule has 9 nitrogen and oxygen atoms in total. The Morgan fingerprint density at radius 3 is 1.94 bits per heavy atom. The average Bonchev–Trinajstić information content (AvgIpc) is 2.88. The molecule has 0 spiro atoms. The summed E-state index contributed by atoms with van der Waals surface area (Å²) in [6.07, 6.45) is -0.353. The minimum absolute atomic E-state index is 0.0236. The molecule has 4 rings (SSSR count). The highest BCUT2D eigenvalue weighted by Gasteiger charge is 2.25. The SMILES string of the molecule is COc1cccc(NC(=O)CN(CC(=O)Nc2cccc(OC)c2)C[C@@H]2COc3ccccc3O2)c1. The quantitative estimate of drug-likeness (QED) is 0.448. The molecule has 1 aliphatic heterocycles. The highest BCUT2D eigenvalue weighted by Crippen LogP contribution is 2.31. The summed E-state index contributed by atoms with van der Waals surface area (Å²) in [5, 5.41) is 5.71. The number of carbonyl (C=O) groups excluding carboxylic acids is 2. The molecule has 0 fully saturated rings. The average molecular weight is 492 g/mol. The third-order valence-corrected chi connectivity index (χ3v) is 5.47. The lowest BCUT2D eigenvalue weighted by Crippen LogP contribution is -2.46. The summed E-state index contributed by atoms with van der Waals surface area (Å²) in [4.78, 5) is 27.5. The van der Waals surface area contributed by atoms with E-state index in [-0.39, 0.29) is 31.0 Å². The van der Waals surface area contributed by atoms with Crippen molar-refractivity contribution < 1.29 is 28.5 Å². The zero-order valence-corrected chi connectivity index (χ0v) is 20.2. The molecule has 0 aromatic heterocycles. The topological polar surface area (TPSA) is 98.4 Å². The minimum Gasteiger partial charge on any atom is -0.497 e. The van der Waals surface area contributed by atoms with Gasteiger partial charge in [-0.05, 0) is 36.4 Å².